The van der Waals surface area contributed by atoms with Crippen LogP contribution in [0, 0.1) is 5.41 Å². The van der Waals surface area contributed by atoms with Crippen molar-refractivity contribution in [3.63, 3.8) is 0 Å². The molecule has 0 aliphatic carbocycles. The second-order valence-electron chi connectivity index (χ2n) is 5.88. The minimum absolute atomic E-state index is 0.112. The average molecular weight is 287 g/mol. The molecule has 0 bridgehead atoms. The fourth-order valence-corrected chi connectivity index (χ4v) is 2.00. The number of hydrogen-bond acceptors (Lipinski definition) is 6. The van der Waals surface area contributed by atoms with Crippen molar-refractivity contribution in [1.29, 1.82) is 0 Å². The van der Waals surface area contributed by atoms with E-state index in [2.05, 4.69) is 53.1 Å². The van der Waals surface area contributed by atoms with E-state index in [9.17, 15) is 0 Å². The topological polar surface area (TPSA) is 57.2 Å². The van der Waals surface area contributed by atoms with Gasteiger partial charge in [-0.05, 0) is 31.1 Å². The number of hydrogen-bond donors (Lipinski definition) is 1. The maximum atomic E-state index is 5.89. The summed E-state index contributed by atoms with van der Waals surface area (Å²) in [5, 5.41) is 3.43. The molecule has 0 fully saturated rings. The summed E-state index contributed by atoms with van der Waals surface area (Å²) in [6.07, 6.45) is 0. The lowest BCUT2D eigenvalue weighted by Gasteiger charge is -2.28. The van der Waals surface area contributed by atoms with Gasteiger partial charge in [0.2, 0.25) is 17.2 Å². The quantitative estimate of drug-likeness (QED) is 0.857. The minimum Gasteiger partial charge on any atom is -0.353 e. The summed E-state index contributed by atoms with van der Waals surface area (Å²) in [4.78, 5) is 16.4. The van der Waals surface area contributed by atoms with E-state index < -0.39 is 0 Å². The van der Waals surface area contributed by atoms with Crippen LogP contribution < -0.4 is 10.2 Å². The van der Waals surface area contributed by atoms with E-state index in [-0.39, 0.29) is 10.7 Å². The second kappa shape index (κ2) is 6.34. The van der Waals surface area contributed by atoms with Gasteiger partial charge in [0.1, 0.15) is 0 Å². The molecule has 1 heterocycles. The van der Waals surface area contributed by atoms with Gasteiger partial charge in [-0.25, -0.2) is 0 Å². The largest absolute Gasteiger partial charge is 0.353 e. The standard InChI is InChI=1S/C12H23ClN6/c1-12(2,8-18(3)4)7-14-10-15-9(13)16-11(17-10)19(5)6/h7-8H2,1-6H3,(H,14,15,16,17). The first-order chi connectivity index (χ1) is 8.69. The molecule has 0 aliphatic rings. The molecular formula is C12H23ClN6. The monoisotopic (exact) mass is 286 g/mol. The third-order valence-electron chi connectivity index (χ3n) is 2.47. The average Bonchev–Trinajstić information content (AvgIpc) is 2.24. The highest BCUT2D eigenvalue weighted by molar-refractivity contribution is 6.28. The van der Waals surface area contributed by atoms with Crippen molar-refractivity contribution in [2.24, 2.45) is 5.41 Å². The summed E-state index contributed by atoms with van der Waals surface area (Å²) in [6, 6.07) is 0. The van der Waals surface area contributed by atoms with E-state index in [1.165, 1.54) is 0 Å². The van der Waals surface area contributed by atoms with Gasteiger partial charge in [0.15, 0.2) is 0 Å². The zero-order valence-electron chi connectivity index (χ0n) is 12.5. The van der Waals surface area contributed by atoms with Crippen LogP contribution in [0.1, 0.15) is 13.8 Å². The summed E-state index contributed by atoms with van der Waals surface area (Å²) in [5.41, 5.74) is 0.112. The molecule has 7 heteroatoms. The van der Waals surface area contributed by atoms with Gasteiger partial charge in [-0.15, -0.1) is 0 Å². The molecule has 0 saturated carbocycles. The Labute approximate surface area is 120 Å². The predicted octanol–water partition coefficient (Wildman–Crippen LogP) is 1.59. The molecule has 1 rings (SSSR count). The second-order valence-corrected chi connectivity index (χ2v) is 6.22. The van der Waals surface area contributed by atoms with Crippen LogP contribution in [-0.4, -0.2) is 61.1 Å². The van der Waals surface area contributed by atoms with Crippen molar-refractivity contribution in [2.75, 3.05) is 51.5 Å². The van der Waals surface area contributed by atoms with Gasteiger partial charge in [0.25, 0.3) is 0 Å². The molecule has 1 aromatic rings. The van der Waals surface area contributed by atoms with Gasteiger partial charge in [-0.3, -0.25) is 0 Å². The first-order valence-electron chi connectivity index (χ1n) is 6.17. The zero-order valence-corrected chi connectivity index (χ0v) is 13.3. The third-order valence-corrected chi connectivity index (χ3v) is 2.63. The van der Waals surface area contributed by atoms with Crippen LogP contribution in [0.4, 0.5) is 11.9 Å². The van der Waals surface area contributed by atoms with Crippen LogP contribution in [0.5, 0.6) is 0 Å². The maximum absolute atomic E-state index is 5.89. The first kappa shape index (κ1) is 15.9. The highest BCUT2D eigenvalue weighted by Crippen LogP contribution is 2.17. The fourth-order valence-electron chi connectivity index (χ4n) is 1.85. The third kappa shape index (κ3) is 5.57. The van der Waals surface area contributed by atoms with Crippen molar-refractivity contribution in [1.82, 2.24) is 19.9 Å². The Kier molecular flexibility index (Phi) is 5.31. The number of nitrogens with one attached hydrogen (secondary N) is 1. The molecule has 1 N–H and O–H groups in total. The molecule has 0 unspecified atom stereocenters. The molecule has 0 aliphatic heterocycles. The Hall–Kier alpha value is -1.14. The number of rotatable bonds is 6. The van der Waals surface area contributed by atoms with E-state index in [1.54, 1.807) is 4.90 Å². The number of nitrogens with zero attached hydrogens (tertiary/aromatic N) is 5. The van der Waals surface area contributed by atoms with Gasteiger partial charge in [-0.2, -0.15) is 15.0 Å². The minimum atomic E-state index is 0.112. The molecule has 19 heavy (non-hydrogen) atoms. The SMILES string of the molecule is CN(C)CC(C)(C)CNc1nc(Cl)nc(N(C)C)n1. The molecule has 6 nitrogen and oxygen atoms in total. The summed E-state index contributed by atoms with van der Waals surface area (Å²) >= 11 is 5.89. The lowest BCUT2D eigenvalue weighted by Crippen LogP contribution is -2.34. The molecule has 0 saturated heterocycles. The molecule has 0 spiro atoms. The Morgan fingerprint density at radius 1 is 1.11 bits per heavy atom. The number of aromatic nitrogens is 3. The Morgan fingerprint density at radius 3 is 2.26 bits per heavy atom. The summed E-state index contributed by atoms with van der Waals surface area (Å²) in [5.74, 6) is 1.06. The molecule has 1 aromatic heterocycles. The lowest BCUT2D eigenvalue weighted by molar-refractivity contribution is 0.254. The maximum Gasteiger partial charge on any atom is 0.230 e. The lowest BCUT2D eigenvalue weighted by atomic mass is 9.93. The van der Waals surface area contributed by atoms with Crippen molar-refractivity contribution in [3.05, 3.63) is 5.28 Å². The first-order valence-corrected chi connectivity index (χ1v) is 6.55. The number of halogens is 1. The van der Waals surface area contributed by atoms with Crippen LogP contribution in [0.2, 0.25) is 5.28 Å². The highest BCUT2D eigenvalue weighted by Gasteiger charge is 2.19. The Balaban J connectivity index is 2.72. The molecule has 0 aromatic carbocycles. The zero-order chi connectivity index (χ0) is 14.6. The Morgan fingerprint density at radius 2 is 1.74 bits per heavy atom. The van der Waals surface area contributed by atoms with Crippen molar-refractivity contribution in [2.45, 2.75) is 13.8 Å². The fraction of sp³-hybridized carbons (Fsp3) is 0.750. The molecule has 108 valence electrons. The summed E-state index contributed by atoms with van der Waals surface area (Å²) in [6.45, 7) is 6.11. The van der Waals surface area contributed by atoms with E-state index in [0.717, 1.165) is 13.1 Å². The molecular weight excluding hydrogens is 264 g/mol. The molecule has 0 amide bonds. The van der Waals surface area contributed by atoms with Gasteiger partial charge < -0.3 is 15.1 Å². The normalized spacial score (nSPS) is 11.8. The van der Waals surface area contributed by atoms with E-state index in [4.69, 9.17) is 11.6 Å². The van der Waals surface area contributed by atoms with Crippen LogP contribution in [0.3, 0.4) is 0 Å². The number of anilines is 2. The summed E-state index contributed by atoms with van der Waals surface area (Å²) in [7, 11) is 7.86. The van der Waals surface area contributed by atoms with Gasteiger partial charge >= 0.3 is 0 Å². The van der Waals surface area contributed by atoms with E-state index >= 15 is 0 Å². The van der Waals surface area contributed by atoms with Crippen molar-refractivity contribution >= 4 is 23.5 Å². The predicted molar refractivity (Wildman–Crippen MR) is 80.0 cm³/mol. The van der Waals surface area contributed by atoms with E-state index in [1.807, 2.05) is 14.1 Å². The van der Waals surface area contributed by atoms with Crippen LogP contribution in [0.25, 0.3) is 0 Å². The molecule has 0 atom stereocenters. The summed E-state index contributed by atoms with van der Waals surface area (Å²) < 4.78 is 0. The highest BCUT2D eigenvalue weighted by atomic mass is 35.5. The smallest absolute Gasteiger partial charge is 0.230 e. The van der Waals surface area contributed by atoms with Crippen molar-refractivity contribution in [3.8, 4) is 0 Å². The van der Waals surface area contributed by atoms with Crippen LogP contribution in [0.15, 0.2) is 0 Å². The van der Waals surface area contributed by atoms with Gasteiger partial charge in [0, 0.05) is 27.2 Å². The van der Waals surface area contributed by atoms with Gasteiger partial charge in [0.05, 0.1) is 0 Å². The van der Waals surface area contributed by atoms with Gasteiger partial charge in [-0.1, -0.05) is 13.8 Å². The van der Waals surface area contributed by atoms with Crippen molar-refractivity contribution < 1.29 is 0 Å². The molecule has 0 radical (unpaired) electrons. The van der Waals surface area contributed by atoms with Crippen LogP contribution >= 0.6 is 11.6 Å². The van der Waals surface area contributed by atoms with Crippen LogP contribution in [-0.2, 0) is 0 Å². The van der Waals surface area contributed by atoms with E-state index in [0.29, 0.717) is 11.9 Å². The Bertz CT molecular complexity index is 419.